The number of anilines is 1. The van der Waals surface area contributed by atoms with Crippen LogP contribution in [-0.2, 0) is 23.9 Å². The average Bonchev–Trinajstić information content (AvgIpc) is 3.50. The Labute approximate surface area is 175 Å². The SMILES string of the molecule is CN1C(=O)C(=C(C(=O)NCC2CCCO2)C(=O)NCC2CCCO2)c2ccccc21. The van der Waals surface area contributed by atoms with E-state index in [-0.39, 0.29) is 29.3 Å². The molecule has 2 atom stereocenters. The van der Waals surface area contributed by atoms with Gasteiger partial charge in [-0.2, -0.15) is 0 Å². The van der Waals surface area contributed by atoms with Crippen molar-refractivity contribution in [3.63, 3.8) is 0 Å². The standard InChI is InChI=1S/C22H27N3O5/c1-25-17-9-3-2-8-16(17)18(22(25)28)19(20(26)23-12-14-6-4-10-29-14)21(27)24-13-15-7-5-11-30-15/h2-3,8-9,14-15H,4-7,10-13H2,1H3,(H,23,26)(H,24,27). The lowest BCUT2D eigenvalue weighted by Gasteiger charge is -2.16. The number of amides is 3. The fourth-order valence-corrected chi connectivity index (χ4v) is 4.14. The number of rotatable bonds is 6. The summed E-state index contributed by atoms with van der Waals surface area (Å²) in [6.45, 7) is 1.96. The number of carbonyl (C=O) groups excluding carboxylic acids is 3. The Morgan fingerprint density at radius 1 is 1.00 bits per heavy atom. The Morgan fingerprint density at radius 3 is 2.10 bits per heavy atom. The minimum absolute atomic E-state index is 0.0654. The lowest BCUT2D eigenvalue weighted by molar-refractivity contribution is -0.124. The zero-order valence-corrected chi connectivity index (χ0v) is 17.1. The molecule has 0 aromatic heterocycles. The molecule has 160 valence electrons. The molecule has 0 saturated carbocycles. The fourth-order valence-electron chi connectivity index (χ4n) is 4.14. The van der Waals surface area contributed by atoms with Gasteiger partial charge in [0, 0.05) is 38.9 Å². The average molecular weight is 413 g/mol. The van der Waals surface area contributed by atoms with E-state index in [2.05, 4.69) is 10.6 Å². The number of benzene rings is 1. The van der Waals surface area contributed by atoms with Crippen molar-refractivity contribution in [3.05, 3.63) is 35.4 Å². The molecule has 0 radical (unpaired) electrons. The molecule has 0 spiro atoms. The van der Waals surface area contributed by atoms with Crippen molar-refractivity contribution in [2.45, 2.75) is 37.9 Å². The molecule has 8 nitrogen and oxygen atoms in total. The first kappa shape index (κ1) is 20.6. The molecule has 2 unspecified atom stereocenters. The molecular weight excluding hydrogens is 386 g/mol. The molecule has 2 N–H and O–H groups in total. The molecule has 3 aliphatic heterocycles. The molecule has 8 heteroatoms. The molecule has 2 fully saturated rings. The van der Waals surface area contributed by atoms with Crippen molar-refractivity contribution >= 4 is 29.0 Å². The van der Waals surface area contributed by atoms with Gasteiger partial charge in [0.25, 0.3) is 17.7 Å². The summed E-state index contributed by atoms with van der Waals surface area (Å²) in [5, 5.41) is 5.58. The summed E-state index contributed by atoms with van der Waals surface area (Å²) in [4.78, 5) is 40.7. The van der Waals surface area contributed by atoms with Gasteiger partial charge < -0.3 is 25.0 Å². The molecule has 2 saturated heterocycles. The lowest BCUT2D eigenvalue weighted by atomic mass is 9.99. The van der Waals surface area contributed by atoms with Crippen LogP contribution in [0, 0.1) is 0 Å². The molecule has 3 aliphatic rings. The van der Waals surface area contributed by atoms with Gasteiger partial charge >= 0.3 is 0 Å². The van der Waals surface area contributed by atoms with E-state index >= 15 is 0 Å². The number of ether oxygens (including phenoxy) is 2. The number of carbonyl (C=O) groups is 3. The number of hydrogen-bond acceptors (Lipinski definition) is 5. The third kappa shape index (κ3) is 4.11. The van der Waals surface area contributed by atoms with Gasteiger partial charge in [-0.3, -0.25) is 14.4 Å². The highest BCUT2D eigenvalue weighted by atomic mass is 16.5. The number of para-hydroxylation sites is 1. The van der Waals surface area contributed by atoms with Crippen LogP contribution in [0.15, 0.2) is 29.8 Å². The minimum Gasteiger partial charge on any atom is -0.376 e. The van der Waals surface area contributed by atoms with Crippen LogP contribution < -0.4 is 15.5 Å². The second-order valence-corrected chi connectivity index (χ2v) is 7.82. The van der Waals surface area contributed by atoms with E-state index in [1.54, 1.807) is 25.2 Å². The molecule has 4 rings (SSSR count). The van der Waals surface area contributed by atoms with E-state index in [0.29, 0.717) is 37.6 Å². The summed E-state index contributed by atoms with van der Waals surface area (Å²) in [5.41, 5.74) is 1.23. The minimum atomic E-state index is -0.566. The number of fused-ring (bicyclic) bond motifs is 1. The second kappa shape index (κ2) is 8.97. The van der Waals surface area contributed by atoms with Crippen LogP contribution in [0.4, 0.5) is 5.69 Å². The number of nitrogens with one attached hydrogen (secondary N) is 2. The maximum Gasteiger partial charge on any atom is 0.259 e. The number of nitrogens with zero attached hydrogens (tertiary/aromatic N) is 1. The maximum absolute atomic E-state index is 13.1. The smallest absolute Gasteiger partial charge is 0.259 e. The first-order chi connectivity index (χ1) is 14.6. The van der Waals surface area contributed by atoms with E-state index in [4.69, 9.17) is 9.47 Å². The van der Waals surface area contributed by atoms with Gasteiger partial charge in [0.2, 0.25) is 0 Å². The highest BCUT2D eigenvalue weighted by Crippen LogP contribution is 2.37. The molecule has 1 aromatic rings. The molecule has 30 heavy (non-hydrogen) atoms. The molecule has 3 heterocycles. The van der Waals surface area contributed by atoms with Crippen LogP contribution in [0.2, 0.25) is 0 Å². The Bertz CT molecular complexity index is 835. The predicted molar refractivity (Wildman–Crippen MR) is 111 cm³/mol. The van der Waals surface area contributed by atoms with Crippen molar-refractivity contribution in [2.24, 2.45) is 0 Å². The van der Waals surface area contributed by atoms with E-state index in [1.807, 2.05) is 6.07 Å². The van der Waals surface area contributed by atoms with E-state index in [0.717, 1.165) is 25.7 Å². The maximum atomic E-state index is 13.1. The number of hydrogen-bond donors (Lipinski definition) is 2. The third-order valence-electron chi connectivity index (χ3n) is 5.79. The van der Waals surface area contributed by atoms with Crippen molar-refractivity contribution in [1.82, 2.24) is 10.6 Å². The molecule has 0 bridgehead atoms. The fraction of sp³-hybridized carbons (Fsp3) is 0.500. The van der Waals surface area contributed by atoms with Crippen LogP contribution in [0.25, 0.3) is 5.57 Å². The van der Waals surface area contributed by atoms with Crippen molar-refractivity contribution < 1.29 is 23.9 Å². The van der Waals surface area contributed by atoms with E-state index in [1.165, 1.54) is 4.90 Å². The zero-order chi connectivity index (χ0) is 21.1. The Kier molecular flexibility index (Phi) is 6.15. The number of likely N-dealkylation sites (N-methyl/N-ethyl adjacent to an activating group) is 1. The van der Waals surface area contributed by atoms with Gasteiger partial charge in [-0.1, -0.05) is 18.2 Å². The monoisotopic (exact) mass is 413 g/mol. The summed E-state index contributed by atoms with van der Waals surface area (Å²) in [6, 6.07) is 7.16. The molecule has 0 aliphatic carbocycles. The van der Waals surface area contributed by atoms with Crippen LogP contribution in [0.1, 0.15) is 31.2 Å². The summed E-state index contributed by atoms with van der Waals surface area (Å²) >= 11 is 0. The Hall–Kier alpha value is -2.71. The quantitative estimate of drug-likeness (QED) is 0.412. The summed E-state index contributed by atoms with van der Waals surface area (Å²) in [6.07, 6.45) is 3.50. The van der Waals surface area contributed by atoms with Gasteiger partial charge in [-0.25, -0.2) is 0 Å². The first-order valence-electron chi connectivity index (χ1n) is 10.5. The zero-order valence-electron chi connectivity index (χ0n) is 17.1. The van der Waals surface area contributed by atoms with Crippen molar-refractivity contribution in [3.8, 4) is 0 Å². The van der Waals surface area contributed by atoms with Gasteiger partial charge in [0.05, 0.1) is 23.5 Å². The van der Waals surface area contributed by atoms with Crippen molar-refractivity contribution in [1.29, 1.82) is 0 Å². The highest BCUT2D eigenvalue weighted by Gasteiger charge is 2.37. The molecular formula is C22H27N3O5. The van der Waals surface area contributed by atoms with E-state index < -0.39 is 11.8 Å². The molecule has 3 amide bonds. The first-order valence-corrected chi connectivity index (χ1v) is 10.5. The summed E-state index contributed by atoms with van der Waals surface area (Å²) < 4.78 is 11.1. The van der Waals surface area contributed by atoms with Crippen LogP contribution in [0.5, 0.6) is 0 Å². The third-order valence-corrected chi connectivity index (χ3v) is 5.79. The highest BCUT2D eigenvalue weighted by molar-refractivity contribution is 6.41. The second-order valence-electron chi connectivity index (χ2n) is 7.82. The van der Waals surface area contributed by atoms with Crippen LogP contribution >= 0.6 is 0 Å². The topological polar surface area (TPSA) is 97.0 Å². The van der Waals surface area contributed by atoms with E-state index in [9.17, 15) is 14.4 Å². The Balaban J connectivity index is 1.62. The summed E-state index contributed by atoms with van der Waals surface area (Å²) in [7, 11) is 1.64. The largest absolute Gasteiger partial charge is 0.376 e. The van der Waals surface area contributed by atoms with Gasteiger partial charge in [-0.05, 0) is 31.7 Å². The Morgan fingerprint density at radius 2 is 1.57 bits per heavy atom. The van der Waals surface area contributed by atoms with Crippen molar-refractivity contribution in [2.75, 3.05) is 38.3 Å². The van der Waals surface area contributed by atoms with Crippen LogP contribution in [-0.4, -0.2) is 63.3 Å². The molecule has 1 aromatic carbocycles. The van der Waals surface area contributed by atoms with Gasteiger partial charge in [0.15, 0.2) is 0 Å². The predicted octanol–water partition coefficient (Wildman–Crippen LogP) is 1.01. The van der Waals surface area contributed by atoms with Crippen LogP contribution in [0.3, 0.4) is 0 Å². The van der Waals surface area contributed by atoms with Gasteiger partial charge in [-0.15, -0.1) is 0 Å². The summed E-state index contributed by atoms with van der Waals surface area (Å²) in [5.74, 6) is -1.50. The van der Waals surface area contributed by atoms with Gasteiger partial charge in [0.1, 0.15) is 5.57 Å². The lowest BCUT2D eigenvalue weighted by Crippen LogP contribution is -2.41. The normalized spacial score (nSPS) is 22.9.